The summed E-state index contributed by atoms with van der Waals surface area (Å²) in [5, 5.41) is 23.2. The van der Waals surface area contributed by atoms with Gasteiger partial charge < -0.3 is 15.3 Å². The molecule has 11 heavy (non-hydrogen) atoms. The molecule has 0 rings (SSSR count). The fourth-order valence-electron chi connectivity index (χ4n) is 0.380. The van der Waals surface area contributed by atoms with Gasteiger partial charge in [0.15, 0.2) is 6.04 Å². The Kier molecular flexibility index (Phi) is 3.25. The van der Waals surface area contributed by atoms with Crippen molar-refractivity contribution in [3.63, 3.8) is 0 Å². The lowest BCUT2D eigenvalue weighted by atomic mass is 10.3. The van der Waals surface area contributed by atoms with Crippen molar-refractivity contribution < 1.29 is 29.4 Å². The molecule has 6 nitrogen and oxygen atoms in total. The summed E-state index contributed by atoms with van der Waals surface area (Å²) >= 11 is 0. The topological polar surface area (TPSA) is 98.1 Å². The van der Waals surface area contributed by atoms with E-state index in [4.69, 9.17) is 15.3 Å². The maximum atomic E-state index is 12.1. The summed E-state index contributed by atoms with van der Waals surface area (Å²) in [4.78, 5) is 19.8. The predicted octanol–water partition coefficient (Wildman–Crippen LogP) is -0.704. The van der Waals surface area contributed by atoms with Crippen LogP contribution in [-0.4, -0.2) is 45.2 Å². The number of aliphatic hydroxyl groups excluding tert-OH is 1. The maximum absolute atomic E-state index is 12.1. The standard InChI is InChI=1S/C4H6FNO5/c5-6(4(10)11)2(1-7)3(8)9/h2,7H,1H2,(H,8,9)(H,10,11)/t2-/m0/s1. The molecule has 3 N–H and O–H groups in total. The van der Waals surface area contributed by atoms with Crippen LogP contribution in [0.1, 0.15) is 0 Å². The number of hydrogen-bond acceptors (Lipinski definition) is 3. The van der Waals surface area contributed by atoms with Gasteiger partial charge in [-0.15, -0.1) is 5.12 Å². The van der Waals surface area contributed by atoms with Crippen molar-refractivity contribution in [1.29, 1.82) is 0 Å². The number of carboxylic acid groups (broad SMARTS) is 2. The molecule has 0 radical (unpaired) electrons. The van der Waals surface area contributed by atoms with Crippen LogP contribution in [0.25, 0.3) is 0 Å². The van der Waals surface area contributed by atoms with Gasteiger partial charge in [0.2, 0.25) is 0 Å². The van der Waals surface area contributed by atoms with E-state index in [-0.39, 0.29) is 0 Å². The Hall–Kier alpha value is -1.37. The van der Waals surface area contributed by atoms with Crippen molar-refractivity contribution in [2.45, 2.75) is 6.04 Å². The largest absolute Gasteiger partial charge is 0.480 e. The van der Waals surface area contributed by atoms with Gasteiger partial charge in [0, 0.05) is 0 Å². The van der Waals surface area contributed by atoms with Crippen molar-refractivity contribution in [1.82, 2.24) is 5.12 Å². The average Bonchev–Trinajstić information content (AvgIpc) is 1.88. The molecule has 0 heterocycles. The molecule has 0 aliphatic heterocycles. The second kappa shape index (κ2) is 3.71. The Balaban J connectivity index is 4.25. The van der Waals surface area contributed by atoms with Crippen LogP contribution in [0.4, 0.5) is 9.28 Å². The first kappa shape index (κ1) is 9.63. The first-order valence-corrected chi connectivity index (χ1v) is 2.52. The third-order valence-corrected chi connectivity index (χ3v) is 0.914. The summed E-state index contributed by atoms with van der Waals surface area (Å²) in [6.45, 7) is -1.10. The highest BCUT2D eigenvalue weighted by atomic mass is 19.2. The second-order valence-corrected chi connectivity index (χ2v) is 1.63. The van der Waals surface area contributed by atoms with Gasteiger partial charge in [-0.25, -0.2) is 9.59 Å². The minimum atomic E-state index is -2.05. The van der Waals surface area contributed by atoms with Crippen LogP contribution < -0.4 is 0 Å². The first-order valence-electron chi connectivity index (χ1n) is 2.52. The molecule has 7 heteroatoms. The smallest absolute Gasteiger partial charge is 0.436 e. The number of carbonyl (C=O) groups is 2. The van der Waals surface area contributed by atoms with E-state index >= 15 is 0 Å². The number of halogens is 1. The minimum Gasteiger partial charge on any atom is -0.480 e. The molecule has 0 aromatic rings. The zero-order valence-electron chi connectivity index (χ0n) is 5.27. The van der Waals surface area contributed by atoms with Gasteiger partial charge in [-0.1, -0.05) is 4.48 Å². The molecule has 0 saturated heterocycles. The molecule has 0 unspecified atom stereocenters. The van der Waals surface area contributed by atoms with Crippen LogP contribution in [0.5, 0.6) is 0 Å². The average molecular weight is 167 g/mol. The second-order valence-electron chi connectivity index (χ2n) is 1.63. The summed E-state index contributed by atoms with van der Waals surface area (Å²) in [5.41, 5.74) is 0. The van der Waals surface area contributed by atoms with E-state index in [1.165, 1.54) is 0 Å². The molecular weight excluding hydrogens is 161 g/mol. The highest BCUT2D eigenvalue weighted by Crippen LogP contribution is 1.99. The van der Waals surface area contributed by atoms with Crippen molar-refractivity contribution in [2.75, 3.05) is 6.61 Å². The Labute approximate surface area is 60.4 Å². The van der Waals surface area contributed by atoms with Crippen LogP contribution in [0.2, 0.25) is 0 Å². The van der Waals surface area contributed by atoms with E-state index in [9.17, 15) is 14.1 Å². The number of carboxylic acids is 1. The van der Waals surface area contributed by atoms with Crippen LogP contribution in [0.3, 0.4) is 0 Å². The molecule has 0 fully saturated rings. The molecule has 0 aliphatic carbocycles. The Morgan fingerprint density at radius 3 is 2.00 bits per heavy atom. The number of hydrogen-bond donors (Lipinski definition) is 3. The zero-order chi connectivity index (χ0) is 9.02. The van der Waals surface area contributed by atoms with Gasteiger partial charge in [-0.3, -0.25) is 0 Å². The summed E-state index contributed by atoms with van der Waals surface area (Å²) in [6, 6.07) is -2.05. The fraction of sp³-hybridized carbons (Fsp3) is 0.500. The maximum Gasteiger partial charge on any atom is 0.436 e. The Bertz CT molecular complexity index is 172. The van der Waals surface area contributed by atoms with Gasteiger partial charge in [0.05, 0.1) is 6.61 Å². The normalized spacial score (nSPS) is 12.2. The number of nitrogens with zero attached hydrogens (tertiary/aromatic N) is 1. The summed E-state index contributed by atoms with van der Waals surface area (Å²) in [7, 11) is 0. The number of amides is 1. The Morgan fingerprint density at radius 2 is 1.91 bits per heavy atom. The van der Waals surface area contributed by atoms with Crippen LogP contribution >= 0.6 is 0 Å². The summed E-state index contributed by atoms with van der Waals surface area (Å²) < 4.78 is 12.1. The molecule has 1 atom stereocenters. The van der Waals surface area contributed by atoms with Crippen molar-refractivity contribution in [2.24, 2.45) is 0 Å². The van der Waals surface area contributed by atoms with Crippen molar-refractivity contribution in [3.05, 3.63) is 0 Å². The highest BCUT2D eigenvalue weighted by molar-refractivity contribution is 5.78. The quantitative estimate of drug-likeness (QED) is 0.482. The molecular formula is C4H6FNO5. The SMILES string of the molecule is O=C(O)[C@H](CO)N(F)C(=O)O. The molecule has 0 aliphatic rings. The summed E-state index contributed by atoms with van der Waals surface area (Å²) in [6.07, 6.45) is -2.05. The molecule has 1 amide bonds. The number of rotatable bonds is 3. The van der Waals surface area contributed by atoms with Gasteiger partial charge >= 0.3 is 12.1 Å². The molecule has 0 aromatic carbocycles. The van der Waals surface area contributed by atoms with E-state index in [0.717, 1.165) is 0 Å². The van der Waals surface area contributed by atoms with E-state index in [2.05, 4.69) is 0 Å². The predicted molar refractivity (Wildman–Crippen MR) is 29.5 cm³/mol. The van der Waals surface area contributed by atoms with E-state index in [0.29, 0.717) is 0 Å². The Morgan fingerprint density at radius 1 is 1.45 bits per heavy atom. The zero-order valence-corrected chi connectivity index (χ0v) is 5.27. The lowest BCUT2D eigenvalue weighted by molar-refractivity contribution is -0.150. The molecule has 0 spiro atoms. The van der Waals surface area contributed by atoms with Crippen molar-refractivity contribution >= 4 is 12.1 Å². The molecule has 0 bridgehead atoms. The lowest BCUT2D eigenvalue weighted by Gasteiger charge is -2.13. The van der Waals surface area contributed by atoms with Gasteiger partial charge in [0.1, 0.15) is 0 Å². The third-order valence-electron chi connectivity index (χ3n) is 0.914. The van der Waals surface area contributed by atoms with Gasteiger partial charge in [-0.05, 0) is 0 Å². The highest BCUT2D eigenvalue weighted by Gasteiger charge is 2.29. The number of aliphatic hydroxyl groups is 1. The molecule has 0 aromatic heterocycles. The van der Waals surface area contributed by atoms with E-state index in [1.54, 1.807) is 0 Å². The lowest BCUT2D eigenvalue weighted by Crippen LogP contribution is -2.41. The first-order chi connectivity index (χ1) is 5.00. The van der Waals surface area contributed by atoms with Crippen LogP contribution in [-0.2, 0) is 4.79 Å². The minimum absolute atomic E-state index is 0.970. The van der Waals surface area contributed by atoms with Crippen LogP contribution in [0.15, 0.2) is 0 Å². The van der Waals surface area contributed by atoms with Gasteiger partial charge in [0.25, 0.3) is 0 Å². The van der Waals surface area contributed by atoms with E-state index in [1.807, 2.05) is 0 Å². The molecule has 64 valence electrons. The third kappa shape index (κ3) is 2.38. The van der Waals surface area contributed by atoms with E-state index < -0.39 is 29.8 Å². The summed E-state index contributed by atoms with van der Waals surface area (Å²) in [5.74, 6) is -1.74. The monoisotopic (exact) mass is 167 g/mol. The van der Waals surface area contributed by atoms with Gasteiger partial charge in [-0.2, -0.15) is 0 Å². The van der Waals surface area contributed by atoms with Crippen molar-refractivity contribution in [3.8, 4) is 0 Å². The molecule has 0 saturated carbocycles. The van der Waals surface area contributed by atoms with Crippen LogP contribution in [0, 0.1) is 0 Å². The fourth-order valence-corrected chi connectivity index (χ4v) is 0.380. The number of aliphatic carboxylic acids is 1.